The molecule has 3 rings (SSSR count). The first-order valence-corrected chi connectivity index (χ1v) is 14.6. The molecule has 0 aliphatic heterocycles. The van der Waals surface area contributed by atoms with E-state index in [2.05, 4.69) is 21.2 Å². The number of amides is 2. The van der Waals surface area contributed by atoms with Crippen LogP contribution in [-0.2, 0) is 26.2 Å². The Bertz CT molecular complexity index is 1390. The summed E-state index contributed by atoms with van der Waals surface area (Å²) in [5.74, 6) is -1.01. The molecular weight excluding hydrogens is 589 g/mol. The normalized spacial score (nSPS) is 11.9. The molecule has 39 heavy (non-hydrogen) atoms. The lowest BCUT2D eigenvalue weighted by Crippen LogP contribution is -2.51. The summed E-state index contributed by atoms with van der Waals surface area (Å²) in [5, 5.41) is 2.72. The monoisotopic (exact) mass is 619 g/mol. The molecule has 3 aromatic carbocycles. The Balaban J connectivity index is 2.03. The van der Waals surface area contributed by atoms with Crippen molar-refractivity contribution in [2.24, 2.45) is 0 Å². The van der Waals surface area contributed by atoms with Crippen LogP contribution in [-0.4, -0.2) is 50.9 Å². The molecule has 0 fully saturated rings. The van der Waals surface area contributed by atoms with Crippen molar-refractivity contribution in [3.05, 3.63) is 88.6 Å². The number of carbonyl (C=O) groups is 2. The predicted octanol–water partition coefficient (Wildman–Crippen LogP) is 4.74. The molecule has 0 saturated heterocycles. The van der Waals surface area contributed by atoms with E-state index in [-0.39, 0.29) is 23.0 Å². The first kappa shape index (κ1) is 30.1. The third kappa shape index (κ3) is 7.79. The maximum atomic E-state index is 13.8. The van der Waals surface area contributed by atoms with Crippen molar-refractivity contribution in [3.63, 3.8) is 0 Å². The number of halogens is 2. The first-order valence-electron chi connectivity index (χ1n) is 12.4. The number of benzene rings is 3. The van der Waals surface area contributed by atoms with Crippen LogP contribution in [0.5, 0.6) is 5.75 Å². The standard InChI is InChI=1S/C28H31BrFN3O5S/c1-4-31-28(35)20(3)32(18-21-7-6-8-22(29)17-21)27(34)19-33(24-11-13-25(14-12-24)38-5-2)39(36,37)26-15-9-23(30)10-16-26/h6-17,20H,4-5,18-19H2,1-3H3,(H,31,35)/t20-/m1/s1. The molecule has 0 bridgehead atoms. The Morgan fingerprint density at radius 3 is 2.28 bits per heavy atom. The molecule has 0 aliphatic rings. The zero-order valence-electron chi connectivity index (χ0n) is 21.9. The van der Waals surface area contributed by atoms with Crippen molar-refractivity contribution in [2.45, 2.75) is 38.3 Å². The van der Waals surface area contributed by atoms with Gasteiger partial charge in [0.25, 0.3) is 10.0 Å². The van der Waals surface area contributed by atoms with Gasteiger partial charge in [-0.3, -0.25) is 13.9 Å². The molecular formula is C28H31BrFN3O5S. The lowest BCUT2D eigenvalue weighted by Gasteiger charge is -2.32. The van der Waals surface area contributed by atoms with Gasteiger partial charge in [-0.1, -0.05) is 28.1 Å². The van der Waals surface area contributed by atoms with Gasteiger partial charge in [-0.2, -0.15) is 0 Å². The Kier molecular flexibility index (Phi) is 10.5. The van der Waals surface area contributed by atoms with Gasteiger partial charge in [-0.25, -0.2) is 12.8 Å². The van der Waals surface area contributed by atoms with Gasteiger partial charge in [0.05, 0.1) is 17.2 Å². The molecule has 2 amide bonds. The fraction of sp³-hybridized carbons (Fsp3) is 0.286. The summed E-state index contributed by atoms with van der Waals surface area (Å²) >= 11 is 3.42. The zero-order valence-corrected chi connectivity index (χ0v) is 24.3. The molecule has 0 aliphatic carbocycles. The van der Waals surface area contributed by atoms with Crippen molar-refractivity contribution in [2.75, 3.05) is 24.0 Å². The largest absolute Gasteiger partial charge is 0.494 e. The second kappa shape index (κ2) is 13.6. The number of nitrogens with zero attached hydrogens (tertiary/aromatic N) is 2. The van der Waals surface area contributed by atoms with Crippen LogP contribution in [0.4, 0.5) is 10.1 Å². The lowest BCUT2D eigenvalue weighted by atomic mass is 10.1. The fourth-order valence-corrected chi connectivity index (χ4v) is 5.74. The summed E-state index contributed by atoms with van der Waals surface area (Å²) in [4.78, 5) is 27.7. The van der Waals surface area contributed by atoms with Crippen LogP contribution in [0, 0.1) is 5.82 Å². The Morgan fingerprint density at radius 1 is 1.03 bits per heavy atom. The molecule has 8 nitrogen and oxygen atoms in total. The highest BCUT2D eigenvalue weighted by Crippen LogP contribution is 2.27. The zero-order chi connectivity index (χ0) is 28.6. The van der Waals surface area contributed by atoms with E-state index >= 15 is 0 Å². The number of anilines is 1. The van der Waals surface area contributed by atoms with Crippen molar-refractivity contribution >= 4 is 43.5 Å². The van der Waals surface area contributed by atoms with Crippen molar-refractivity contribution in [1.29, 1.82) is 0 Å². The number of ether oxygens (including phenoxy) is 1. The molecule has 1 N–H and O–H groups in total. The summed E-state index contributed by atoms with van der Waals surface area (Å²) in [7, 11) is -4.29. The molecule has 0 spiro atoms. The van der Waals surface area contributed by atoms with E-state index in [4.69, 9.17) is 4.74 Å². The summed E-state index contributed by atoms with van der Waals surface area (Å²) in [5.41, 5.74) is 0.965. The van der Waals surface area contributed by atoms with Gasteiger partial charge >= 0.3 is 0 Å². The van der Waals surface area contributed by atoms with Gasteiger partial charge in [0.2, 0.25) is 11.8 Å². The van der Waals surface area contributed by atoms with Crippen LogP contribution in [0.3, 0.4) is 0 Å². The molecule has 0 saturated carbocycles. The van der Waals surface area contributed by atoms with Crippen LogP contribution in [0.2, 0.25) is 0 Å². The average molecular weight is 621 g/mol. The second-order valence-electron chi connectivity index (χ2n) is 8.61. The topological polar surface area (TPSA) is 96.0 Å². The van der Waals surface area contributed by atoms with Gasteiger partial charge in [-0.05, 0) is 87.0 Å². The highest BCUT2D eigenvalue weighted by Gasteiger charge is 2.32. The van der Waals surface area contributed by atoms with Gasteiger partial charge < -0.3 is 15.0 Å². The molecule has 0 aromatic heterocycles. The minimum Gasteiger partial charge on any atom is -0.494 e. The van der Waals surface area contributed by atoms with E-state index in [0.717, 1.165) is 38.6 Å². The number of rotatable bonds is 12. The van der Waals surface area contributed by atoms with Gasteiger partial charge in [0, 0.05) is 17.6 Å². The van der Waals surface area contributed by atoms with E-state index in [1.54, 1.807) is 26.0 Å². The summed E-state index contributed by atoms with van der Waals surface area (Å²) in [6, 6.07) is 17.1. The molecule has 1 atom stereocenters. The van der Waals surface area contributed by atoms with E-state index in [1.165, 1.54) is 17.0 Å². The van der Waals surface area contributed by atoms with Gasteiger partial charge in [0.1, 0.15) is 24.2 Å². The second-order valence-corrected chi connectivity index (χ2v) is 11.4. The third-order valence-electron chi connectivity index (χ3n) is 5.88. The predicted molar refractivity (Wildman–Crippen MR) is 151 cm³/mol. The Labute approximate surface area is 236 Å². The van der Waals surface area contributed by atoms with E-state index < -0.39 is 34.3 Å². The minimum atomic E-state index is -4.29. The Hall–Kier alpha value is -3.44. The molecule has 208 valence electrons. The number of hydrogen-bond donors (Lipinski definition) is 1. The molecule has 0 radical (unpaired) electrons. The molecule has 11 heteroatoms. The summed E-state index contributed by atoms with van der Waals surface area (Å²) < 4.78 is 48.3. The smallest absolute Gasteiger partial charge is 0.264 e. The number of likely N-dealkylation sites (N-methyl/N-ethyl adjacent to an activating group) is 1. The summed E-state index contributed by atoms with van der Waals surface area (Å²) in [6.07, 6.45) is 0. The van der Waals surface area contributed by atoms with Gasteiger partial charge in [-0.15, -0.1) is 0 Å². The third-order valence-corrected chi connectivity index (χ3v) is 8.16. The Morgan fingerprint density at radius 2 is 1.69 bits per heavy atom. The SMILES string of the molecule is CCNC(=O)[C@@H](C)N(Cc1cccc(Br)c1)C(=O)CN(c1ccc(OCC)cc1)S(=O)(=O)c1ccc(F)cc1. The maximum absolute atomic E-state index is 13.8. The molecule has 0 heterocycles. The van der Waals surface area contributed by atoms with Crippen molar-refractivity contribution in [3.8, 4) is 5.75 Å². The van der Waals surface area contributed by atoms with Crippen molar-refractivity contribution < 1.29 is 27.1 Å². The molecule has 0 unspecified atom stereocenters. The van der Waals surface area contributed by atoms with E-state index in [9.17, 15) is 22.4 Å². The highest BCUT2D eigenvalue weighted by atomic mass is 79.9. The quantitative estimate of drug-likeness (QED) is 0.316. The first-order chi connectivity index (χ1) is 18.6. The van der Waals surface area contributed by atoms with Gasteiger partial charge in [0.15, 0.2) is 0 Å². The lowest BCUT2D eigenvalue weighted by molar-refractivity contribution is -0.139. The number of sulfonamides is 1. The van der Waals surface area contributed by atoms with Crippen LogP contribution >= 0.6 is 15.9 Å². The van der Waals surface area contributed by atoms with Crippen LogP contribution in [0.15, 0.2) is 82.2 Å². The highest BCUT2D eigenvalue weighted by molar-refractivity contribution is 9.10. The molecule has 3 aromatic rings. The number of nitrogens with one attached hydrogen (secondary N) is 1. The van der Waals surface area contributed by atoms with Crippen molar-refractivity contribution in [1.82, 2.24) is 10.2 Å². The van der Waals surface area contributed by atoms with Crippen LogP contribution < -0.4 is 14.4 Å². The number of carbonyl (C=O) groups excluding carboxylic acids is 2. The maximum Gasteiger partial charge on any atom is 0.264 e. The van der Waals surface area contributed by atoms with Crippen LogP contribution in [0.25, 0.3) is 0 Å². The fourth-order valence-electron chi connectivity index (χ4n) is 3.87. The average Bonchev–Trinajstić information content (AvgIpc) is 2.91. The van der Waals surface area contributed by atoms with E-state index in [0.29, 0.717) is 18.9 Å². The minimum absolute atomic E-state index is 0.0737. The van der Waals surface area contributed by atoms with E-state index in [1.807, 2.05) is 31.2 Å². The number of hydrogen-bond acceptors (Lipinski definition) is 5. The summed E-state index contributed by atoms with van der Waals surface area (Å²) in [6.45, 7) is 5.48. The van der Waals surface area contributed by atoms with Crippen LogP contribution in [0.1, 0.15) is 26.3 Å².